The minimum Gasteiger partial charge on any atom is -0.481 e. The highest BCUT2D eigenvalue weighted by molar-refractivity contribution is 5.78. The standard InChI is InChI=1S/C19H21N3O4/c23-18(24)16-11-22(10-15(16)12-4-2-1-3-5-12)19(25)20-14-8-13(9-14)17-6-7-26-21-17/h1-7,13-16H,8-11H2,(H,20,25)(H,23,24)/t13?,14?,15-,16+/m0/s1. The van der Waals surface area contributed by atoms with Crippen molar-refractivity contribution in [3.63, 3.8) is 0 Å². The molecule has 1 aromatic carbocycles. The molecule has 7 heteroatoms. The van der Waals surface area contributed by atoms with E-state index in [0.29, 0.717) is 12.5 Å². The van der Waals surface area contributed by atoms with Crippen LogP contribution in [0.15, 0.2) is 47.2 Å². The molecule has 0 bridgehead atoms. The molecule has 1 saturated carbocycles. The fourth-order valence-electron chi connectivity index (χ4n) is 3.93. The Balaban J connectivity index is 1.36. The molecule has 0 unspecified atom stereocenters. The Morgan fingerprint density at radius 2 is 1.92 bits per heavy atom. The number of hydrogen-bond donors (Lipinski definition) is 2. The van der Waals surface area contributed by atoms with Gasteiger partial charge >= 0.3 is 12.0 Å². The predicted octanol–water partition coefficient (Wildman–Crippen LogP) is 2.43. The number of carbonyl (C=O) groups is 2. The van der Waals surface area contributed by atoms with E-state index in [4.69, 9.17) is 4.52 Å². The van der Waals surface area contributed by atoms with Crippen molar-refractivity contribution in [3.8, 4) is 0 Å². The van der Waals surface area contributed by atoms with Crippen molar-refractivity contribution in [1.29, 1.82) is 0 Å². The van der Waals surface area contributed by atoms with Crippen LogP contribution >= 0.6 is 0 Å². The second-order valence-electron chi connectivity index (χ2n) is 7.11. The average Bonchev–Trinajstić information content (AvgIpc) is 3.28. The summed E-state index contributed by atoms with van der Waals surface area (Å²) in [6.07, 6.45) is 3.22. The lowest BCUT2D eigenvalue weighted by Gasteiger charge is -2.35. The van der Waals surface area contributed by atoms with Crippen molar-refractivity contribution in [2.45, 2.75) is 30.7 Å². The van der Waals surface area contributed by atoms with Crippen LogP contribution in [0.5, 0.6) is 0 Å². The molecule has 2 fully saturated rings. The molecule has 2 heterocycles. The van der Waals surface area contributed by atoms with Crippen molar-refractivity contribution in [3.05, 3.63) is 53.9 Å². The lowest BCUT2D eigenvalue weighted by molar-refractivity contribution is -0.141. The molecule has 0 spiro atoms. The molecule has 4 rings (SSSR count). The Hall–Kier alpha value is -2.83. The third kappa shape index (κ3) is 3.16. The van der Waals surface area contributed by atoms with Crippen molar-refractivity contribution in [1.82, 2.24) is 15.4 Å². The van der Waals surface area contributed by atoms with Gasteiger partial charge in [-0.25, -0.2) is 4.79 Å². The molecule has 1 aromatic heterocycles. The lowest BCUT2D eigenvalue weighted by atomic mass is 9.78. The first-order valence-corrected chi connectivity index (χ1v) is 8.85. The SMILES string of the molecule is O=C(O)[C@@H]1CN(C(=O)NC2CC(c3ccon3)C2)C[C@H]1c1ccccc1. The van der Waals surface area contributed by atoms with Gasteiger partial charge < -0.3 is 19.8 Å². The minimum atomic E-state index is -0.858. The van der Waals surface area contributed by atoms with Gasteiger partial charge in [0.25, 0.3) is 0 Å². The van der Waals surface area contributed by atoms with E-state index in [1.54, 1.807) is 11.2 Å². The van der Waals surface area contributed by atoms with Crippen LogP contribution in [0.25, 0.3) is 0 Å². The number of aromatic nitrogens is 1. The molecular weight excluding hydrogens is 334 g/mol. The highest BCUT2D eigenvalue weighted by Crippen LogP contribution is 2.37. The van der Waals surface area contributed by atoms with E-state index in [-0.39, 0.29) is 24.5 Å². The van der Waals surface area contributed by atoms with Crippen molar-refractivity contribution >= 4 is 12.0 Å². The number of hydrogen-bond acceptors (Lipinski definition) is 4. The topological polar surface area (TPSA) is 95.7 Å². The average molecular weight is 355 g/mol. The highest BCUT2D eigenvalue weighted by Gasteiger charge is 2.41. The molecule has 1 aliphatic carbocycles. The Kier molecular flexibility index (Phi) is 4.36. The number of benzene rings is 1. The van der Waals surface area contributed by atoms with E-state index < -0.39 is 11.9 Å². The van der Waals surface area contributed by atoms with Crippen LogP contribution in [0.3, 0.4) is 0 Å². The van der Waals surface area contributed by atoms with E-state index in [9.17, 15) is 14.7 Å². The summed E-state index contributed by atoms with van der Waals surface area (Å²) < 4.78 is 4.86. The van der Waals surface area contributed by atoms with Crippen LogP contribution in [0.1, 0.15) is 35.9 Å². The zero-order valence-electron chi connectivity index (χ0n) is 14.2. The second kappa shape index (κ2) is 6.82. The summed E-state index contributed by atoms with van der Waals surface area (Å²) in [7, 11) is 0. The van der Waals surface area contributed by atoms with Crippen LogP contribution in [-0.2, 0) is 4.79 Å². The van der Waals surface area contributed by atoms with Crippen molar-refractivity contribution < 1.29 is 19.2 Å². The number of nitrogens with one attached hydrogen (secondary N) is 1. The zero-order valence-corrected chi connectivity index (χ0v) is 14.2. The smallest absolute Gasteiger partial charge is 0.317 e. The molecule has 1 aliphatic heterocycles. The van der Waals surface area contributed by atoms with Gasteiger partial charge in [-0.2, -0.15) is 0 Å². The molecule has 2 aromatic rings. The molecule has 2 amide bonds. The fourth-order valence-corrected chi connectivity index (χ4v) is 3.93. The number of aliphatic carboxylic acids is 1. The van der Waals surface area contributed by atoms with Gasteiger partial charge in [-0.1, -0.05) is 35.5 Å². The van der Waals surface area contributed by atoms with Gasteiger partial charge in [0, 0.05) is 37.0 Å². The second-order valence-corrected chi connectivity index (χ2v) is 7.11. The minimum absolute atomic E-state index is 0.100. The summed E-state index contributed by atoms with van der Waals surface area (Å²) in [6, 6.07) is 11.3. The predicted molar refractivity (Wildman–Crippen MR) is 92.7 cm³/mol. The number of likely N-dealkylation sites (tertiary alicyclic amines) is 1. The van der Waals surface area contributed by atoms with Crippen LogP contribution < -0.4 is 5.32 Å². The quantitative estimate of drug-likeness (QED) is 0.878. The number of nitrogens with zero attached hydrogens (tertiary/aromatic N) is 2. The molecule has 1 saturated heterocycles. The van der Waals surface area contributed by atoms with E-state index in [1.165, 1.54) is 0 Å². The van der Waals surface area contributed by atoms with Gasteiger partial charge in [0.15, 0.2) is 0 Å². The van der Waals surface area contributed by atoms with E-state index in [2.05, 4.69) is 10.5 Å². The molecule has 0 radical (unpaired) electrons. The summed E-state index contributed by atoms with van der Waals surface area (Å²) in [5, 5.41) is 16.5. The summed E-state index contributed by atoms with van der Waals surface area (Å²) >= 11 is 0. The lowest BCUT2D eigenvalue weighted by Crippen LogP contribution is -2.49. The number of carbonyl (C=O) groups excluding carboxylic acids is 1. The first kappa shape index (κ1) is 16.6. The number of carboxylic acids is 1. The molecule has 7 nitrogen and oxygen atoms in total. The number of amides is 2. The number of urea groups is 1. The van der Waals surface area contributed by atoms with Gasteiger partial charge in [-0.05, 0) is 18.4 Å². The maximum absolute atomic E-state index is 12.6. The Morgan fingerprint density at radius 1 is 1.15 bits per heavy atom. The third-order valence-electron chi connectivity index (χ3n) is 5.49. The Labute approximate surface area is 151 Å². The maximum Gasteiger partial charge on any atom is 0.317 e. The summed E-state index contributed by atoms with van der Waals surface area (Å²) in [6.45, 7) is 0.659. The largest absolute Gasteiger partial charge is 0.481 e. The molecule has 2 aliphatic rings. The molecule has 2 atom stereocenters. The Bertz CT molecular complexity index is 771. The number of rotatable bonds is 4. The molecule has 26 heavy (non-hydrogen) atoms. The Morgan fingerprint density at radius 3 is 2.58 bits per heavy atom. The van der Waals surface area contributed by atoms with E-state index in [1.807, 2.05) is 36.4 Å². The molecule has 2 N–H and O–H groups in total. The summed E-state index contributed by atoms with van der Waals surface area (Å²) in [5.74, 6) is -1.29. The normalized spacial score (nSPS) is 27.8. The summed E-state index contributed by atoms with van der Waals surface area (Å²) in [5.41, 5.74) is 1.89. The first-order valence-electron chi connectivity index (χ1n) is 8.85. The zero-order chi connectivity index (χ0) is 18.1. The van der Waals surface area contributed by atoms with Crippen LogP contribution in [0.2, 0.25) is 0 Å². The first-order chi connectivity index (χ1) is 12.6. The summed E-state index contributed by atoms with van der Waals surface area (Å²) in [4.78, 5) is 25.8. The van der Waals surface area contributed by atoms with E-state index >= 15 is 0 Å². The maximum atomic E-state index is 12.6. The van der Waals surface area contributed by atoms with Crippen LogP contribution in [0.4, 0.5) is 4.79 Å². The fraction of sp³-hybridized carbons (Fsp3) is 0.421. The monoisotopic (exact) mass is 355 g/mol. The van der Waals surface area contributed by atoms with Gasteiger partial charge in [-0.3, -0.25) is 4.79 Å². The van der Waals surface area contributed by atoms with Crippen LogP contribution in [-0.4, -0.2) is 46.3 Å². The van der Waals surface area contributed by atoms with Gasteiger partial charge in [-0.15, -0.1) is 0 Å². The number of carboxylic acid groups (broad SMARTS) is 1. The highest BCUT2D eigenvalue weighted by atomic mass is 16.5. The van der Waals surface area contributed by atoms with Crippen molar-refractivity contribution in [2.24, 2.45) is 5.92 Å². The third-order valence-corrected chi connectivity index (χ3v) is 5.49. The van der Waals surface area contributed by atoms with Crippen molar-refractivity contribution in [2.75, 3.05) is 13.1 Å². The molecular formula is C19H21N3O4. The van der Waals surface area contributed by atoms with E-state index in [0.717, 1.165) is 24.1 Å². The van der Waals surface area contributed by atoms with Gasteiger partial charge in [0.2, 0.25) is 0 Å². The van der Waals surface area contributed by atoms with Crippen LogP contribution in [0, 0.1) is 5.92 Å². The van der Waals surface area contributed by atoms with Gasteiger partial charge in [0.05, 0.1) is 11.6 Å². The molecule has 136 valence electrons. The van der Waals surface area contributed by atoms with Gasteiger partial charge in [0.1, 0.15) is 6.26 Å².